The van der Waals surface area contributed by atoms with Crippen molar-refractivity contribution < 1.29 is 9.53 Å². The number of benzene rings is 2. The lowest BCUT2D eigenvalue weighted by Gasteiger charge is -2.56. The van der Waals surface area contributed by atoms with E-state index in [0.717, 1.165) is 61.3 Å². The van der Waals surface area contributed by atoms with Gasteiger partial charge in [0.05, 0.1) is 35.9 Å². The predicted molar refractivity (Wildman–Crippen MR) is 141 cm³/mol. The molecule has 2 aliphatic heterocycles. The number of hydrogen-bond acceptors (Lipinski definition) is 6. The molecule has 3 aliphatic rings. The summed E-state index contributed by atoms with van der Waals surface area (Å²) in [5.41, 5.74) is 5.00. The van der Waals surface area contributed by atoms with Gasteiger partial charge in [-0.15, -0.1) is 0 Å². The van der Waals surface area contributed by atoms with Crippen LogP contribution in [-0.2, 0) is 4.74 Å². The van der Waals surface area contributed by atoms with E-state index in [0.29, 0.717) is 22.7 Å². The number of carbonyl (C=O) groups is 1. The first kappa shape index (κ1) is 22.4. The summed E-state index contributed by atoms with van der Waals surface area (Å²) < 4.78 is 5.40. The summed E-state index contributed by atoms with van der Waals surface area (Å²) in [6.07, 6.45) is 8.01. The molecule has 1 aliphatic carbocycles. The minimum absolute atomic E-state index is 0.111. The predicted octanol–water partition coefficient (Wildman–Crippen LogP) is 4.52. The normalized spacial score (nSPS) is 19.5. The zero-order valence-electron chi connectivity index (χ0n) is 20.7. The number of aromatic amines is 1. The number of fused-ring (bicyclic) bond motifs is 1. The SMILES string of the molecule is O=C(NC(c1ncccn1)C1CCCC1)c1ccc2[nH]nc(-c3ccc(N4CC5(COC5)C4)cc3)c2c1. The van der Waals surface area contributed by atoms with E-state index < -0.39 is 0 Å². The molecule has 37 heavy (non-hydrogen) atoms. The number of carbonyl (C=O) groups excluding carboxylic acids is 1. The first-order valence-electron chi connectivity index (χ1n) is 13.2. The molecular formula is C29H30N6O2. The Hall–Kier alpha value is -3.78. The number of amides is 1. The molecular weight excluding hydrogens is 464 g/mol. The summed E-state index contributed by atoms with van der Waals surface area (Å²) in [6, 6.07) is 15.9. The number of aromatic nitrogens is 4. The fourth-order valence-corrected chi connectivity index (χ4v) is 6.10. The van der Waals surface area contributed by atoms with Crippen LogP contribution in [0.15, 0.2) is 60.9 Å². The van der Waals surface area contributed by atoms with E-state index in [2.05, 4.69) is 54.6 Å². The van der Waals surface area contributed by atoms with Crippen molar-refractivity contribution in [3.63, 3.8) is 0 Å². The van der Waals surface area contributed by atoms with Gasteiger partial charge in [0.25, 0.3) is 5.91 Å². The third-order valence-electron chi connectivity index (χ3n) is 8.22. The Bertz CT molecular complexity index is 1420. The molecule has 2 saturated heterocycles. The van der Waals surface area contributed by atoms with Crippen LogP contribution in [0.4, 0.5) is 5.69 Å². The van der Waals surface area contributed by atoms with Crippen molar-refractivity contribution >= 4 is 22.5 Å². The number of H-pyrrole nitrogens is 1. The van der Waals surface area contributed by atoms with Gasteiger partial charge in [-0.25, -0.2) is 9.97 Å². The van der Waals surface area contributed by atoms with Gasteiger partial charge in [0, 0.05) is 47.7 Å². The fourth-order valence-electron chi connectivity index (χ4n) is 6.10. The van der Waals surface area contributed by atoms with Gasteiger partial charge < -0.3 is 15.0 Å². The molecule has 188 valence electrons. The zero-order valence-corrected chi connectivity index (χ0v) is 20.7. The molecule has 1 unspecified atom stereocenters. The van der Waals surface area contributed by atoms with Crippen LogP contribution >= 0.6 is 0 Å². The number of hydrogen-bond donors (Lipinski definition) is 2. The Balaban J connectivity index is 1.12. The Labute approximate surface area is 215 Å². The molecule has 8 nitrogen and oxygen atoms in total. The number of nitrogens with one attached hydrogen (secondary N) is 2. The van der Waals surface area contributed by atoms with Gasteiger partial charge in [0.2, 0.25) is 0 Å². The van der Waals surface area contributed by atoms with E-state index in [1.165, 1.54) is 18.5 Å². The second kappa shape index (κ2) is 8.95. The lowest BCUT2D eigenvalue weighted by molar-refractivity contribution is -0.127. The Kier molecular flexibility index (Phi) is 5.43. The molecule has 3 fully saturated rings. The third kappa shape index (κ3) is 4.05. The van der Waals surface area contributed by atoms with Crippen LogP contribution in [0.5, 0.6) is 0 Å². The molecule has 1 atom stereocenters. The van der Waals surface area contributed by atoms with Crippen molar-refractivity contribution in [3.8, 4) is 11.3 Å². The first-order chi connectivity index (χ1) is 18.2. The van der Waals surface area contributed by atoms with Crippen LogP contribution in [0.25, 0.3) is 22.2 Å². The number of nitrogens with zero attached hydrogens (tertiary/aromatic N) is 4. The average Bonchev–Trinajstić information content (AvgIpc) is 3.56. The maximum absolute atomic E-state index is 13.4. The Morgan fingerprint density at radius 1 is 1.05 bits per heavy atom. The molecule has 4 heterocycles. The lowest BCUT2D eigenvalue weighted by Crippen LogP contribution is -2.66. The van der Waals surface area contributed by atoms with Crippen molar-refractivity contribution in [2.24, 2.45) is 11.3 Å². The lowest BCUT2D eigenvalue weighted by atomic mass is 9.78. The standard InChI is InChI=1S/C29H30N6O2/c36-28(32-26(19-4-1-2-5-19)27-30-12-3-13-31-27)21-8-11-24-23(14-21)25(34-33-24)20-6-9-22(10-7-20)35-15-29(16-35)17-37-18-29/h3,6-14,19,26H,1-2,4-5,15-18H2,(H,32,36)(H,33,34). The molecule has 1 spiro atoms. The molecule has 1 amide bonds. The van der Waals surface area contributed by atoms with Crippen molar-refractivity contribution in [3.05, 3.63) is 72.3 Å². The Morgan fingerprint density at radius 3 is 2.51 bits per heavy atom. The third-order valence-corrected chi connectivity index (χ3v) is 8.22. The summed E-state index contributed by atoms with van der Waals surface area (Å²) in [6.45, 7) is 3.89. The minimum Gasteiger partial charge on any atom is -0.380 e. The van der Waals surface area contributed by atoms with E-state index >= 15 is 0 Å². The highest BCUT2D eigenvalue weighted by Crippen LogP contribution is 2.41. The molecule has 1 saturated carbocycles. The van der Waals surface area contributed by atoms with Gasteiger partial charge in [0.1, 0.15) is 0 Å². The van der Waals surface area contributed by atoms with Crippen LogP contribution in [-0.4, -0.2) is 52.4 Å². The van der Waals surface area contributed by atoms with Crippen molar-refractivity contribution in [1.29, 1.82) is 0 Å². The highest BCUT2D eigenvalue weighted by atomic mass is 16.5. The van der Waals surface area contributed by atoms with Crippen LogP contribution < -0.4 is 10.2 Å². The number of anilines is 1. The maximum atomic E-state index is 13.4. The maximum Gasteiger partial charge on any atom is 0.251 e. The van der Waals surface area contributed by atoms with Crippen LogP contribution in [0.3, 0.4) is 0 Å². The quantitative estimate of drug-likeness (QED) is 0.409. The highest BCUT2D eigenvalue weighted by Gasteiger charge is 2.49. The van der Waals surface area contributed by atoms with E-state index in [1.54, 1.807) is 18.5 Å². The van der Waals surface area contributed by atoms with Crippen molar-refractivity contribution in [2.75, 3.05) is 31.2 Å². The summed E-state index contributed by atoms with van der Waals surface area (Å²) in [4.78, 5) is 24.7. The highest BCUT2D eigenvalue weighted by molar-refractivity contribution is 6.01. The van der Waals surface area contributed by atoms with Gasteiger partial charge in [-0.1, -0.05) is 25.0 Å². The summed E-state index contributed by atoms with van der Waals surface area (Å²) in [7, 11) is 0. The minimum atomic E-state index is -0.185. The first-order valence-corrected chi connectivity index (χ1v) is 13.2. The molecule has 2 aromatic heterocycles. The molecule has 8 heteroatoms. The van der Waals surface area contributed by atoms with Crippen LogP contribution in [0, 0.1) is 11.3 Å². The molecule has 4 aromatic rings. The average molecular weight is 495 g/mol. The van der Waals surface area contributed by atoms with Gasteiger partial charge in [-0.3, -0.25) is 9.89 Å². The molecule has 2 N–H and O–H groups in total. The fraction of sp³-hybridized carbons (Fsp3) is 0.379. The number of ether oxygens (including phenoxy) is 1. The summed E-state index contributed by atoms with van der Waals surface area (Å²) >= 11 is 0. The van der Waals surface area contributed by atoms with Gasteiger partial charge in [-0.05, 0) is 55.2 Å². The van der Waals surface area contributed by atoms with E-state index in [-0.39, 0.29) is 11.9 Å². The molecule has 2 aromatic carbocycles. The van der Waals surface area contributed by atoms with Gasteiger partial charge in [0.15, 0.2) is 5.82 Å². The van der Waals surface area contributed by atoms with Crippen LogP contribution in [0.1, 0.15) is 47.9 Å². The molecule has 0 radical (unpaired) electrons. The van der Waals surface area contributed by atoms with E-state index in [9.17, 15) is 4.79 Å². The van der Waals surface area contributed by atoms with Crippen molar-refractivity contribution in [1.82, 2.24) is 25.5 Å². The molecule has 0 bridgehead atoms. The largest absolute Gasteiger partial charge is 0.380 e. The molecule has 7 rings (SSSR count). The van der Waals surface area contributed by atoms with Crippen molar-refractivity contribution in [2.45, 2.75) is 31.7 Å². The van der Waals surface area contributed by atoms with E-state index in [1.807, 2.05) is 18.2 Å². The van der Waals surface area contributed by atoms with Gasteiger partial charge in [-0.2, -0.15) is 5.10 Å². The second-order valence-corrected chi connectivity index (χ2v) is 10.8. The topological polar surface area (TPSA) is 96.0 Å². The second-order valence-electron chi connectivity index (χ2n) is 10.8. The van der Waals surface area contributed by atoms with Gasteiger partial charge >= 0.3 is 0 Å². The number of rotatable bonds is 6. The summed E-state index contributed by atoms with van der Waals surface area (Å²) in [5, 5.41) is 11.9. The zero-order chi connectivity index (χ0) is 24.8. The smallest absolute Gasteiger partial charge is 0.251 e. The Morgan fingerprint density at radius 2 is 1.81 bits per heavy atom. The van der Waals surface area contributed by atoms with Crippen LogP contribution in [0.2, 0.25) is 0 Å². The monoisotopic (exact) mass is 494 g/mol. The summed E-state index contributed by atoms with van der Waals surface area (Å²) in [5.74, 6) is 0.933. The van der Waals surface area contributed by atoms with E-state index in [4.69, 9.17) is 4.74 Å².